The van der Waals surface area contributed by atoms with Crippen LogP contribution in [0.25, 0.3) is 21.5 Å². The summed E-state index contributed by atoms with van der Waals surface area (Å²) in [5, 5.41) is 4.87. The summed E-state index contributed by atoms with van der Waals surface area (Å²) in [6.45, 7) is 8.47. The van der Waals surface area contributed by atoms with Crippen molar-refractivity contribution in [2.75, 3.05) is 23.1 Å². The third kappa shape index (κ3) is 6.56. The lowest BCUT2D eigenvalue weighted by Crippen LogP contribution is -2.30. The standard InChI is InChI=1S/C41H41ClN2O6S2/c1-40(2)35(43(24-25-51(45,46)47)33-20-16-27-10-5-7-14-31(27)37(33)40)22-18-29-12-9-13-30(39(29)42)19-23-36-41(3,4)38-32-15-8-6-11-28(32)17-21-34(38)44(36)26-52(48,49)50/h5-8,10-11,14-23H,9,12-13,24-26H2,1-4H3,(H-,45,46,47,48,49,50)/p+1. The highest BCUT2D eigenvalue weighted by atomic mass is 35.5. The second kappa shape index (κ2) is 13.1. The lowest BCUT2D eigenvalue weighted by Gasteiger charge is -2.26. The van der Waals surface area contributed by atoms with Gasteiger partial charge in [0.2, 0.25) is 5.69 Å². The number of anilines is 1. The van der Waals surface area contributed by atoms with Crippen LogP contribution in [0, 0.1) is 0 Å². The average molecular weight is 758 g/mol. The van der Waals surface area contributed by atoms with Crippen LogP contribution in [-0.4, -0.2) is 54.4 Å². The van der Waals surface area contributed by atoms with Crippen molar-refractivity contribution in [1.29, 1.82) is 0 Å². The summed E-state index contributed by atoms with van der Waals surface area (Å²) in [4.78, 5) is 1.68. The maximum atomic E-state index is 12.3. The van der Waals surface area contributed by atoms with Gasteiger partial charge in [-0.2, -0.15) is 21.4 Å². The smallest absolute Gasteiger partial charge is 0.283 e. The van der Waals surface area contributed by atoms with Gasteiger partial charge in [0.1, 0.15) is 5.75 Å². The maximum Gasteiger partial charge on any atom is 0.283 e. The van der Waals surface area contributed by atoms with Crippen LogP contribution in [-0.2, 0) is 31.1 Å². The lowest BCUT2D eigenvalue weighted by atomic mass is 9.78. The molecule has 4 aromatic carbocycles. The third-order valence-electron chi connectivity index (χ3n) is 10.7. The minimum Gasteiger partial charge on any atom is -0.327 e. The fraction of sp³-hybridized carbons (Fsp3) is 0.293. The van der Waals surface area contributed by atoms with Crippen LogP contribution in [0.4, 0.5) is 11.4 Å². The molecule has 0 unspecified atom stereocenters. The quantitative estimate of drug-likeness (QED) is 0.136. The first-order valence-corrected chi connectivity index (χ1v) is 20.9. The zero-order valence-electron chi connectivity index (χ0n) is 29.6. The van der Waals surface area contributed by atoms with Crippen LogP contribution < -0.4 is 4.90 Å². The molecule has 11 heteroatoms. The van der Waals surface area contributed by atoms with E-state index in [9.17, 15) is 25.9 Å². The van der Waals surface area contributed by atoms with Gasteiger partial charge in [-0.1, -0.05) is 92.2 Å². The molecule has 0 spiro atoms. The molecule has 0 saturated carbocycles. The molecular formula is C41H42ClN2O6S2+. The molecule has 2 aliphatic heterocycles. The van der Waals surface area contributed by atoms with E-state index in [1.54, 1.807) is 4.90 Å². The van der Waals surface area contributed by atoms with E-state index in [-0.39, 0.29) is 6.54 Å². The highest BCUT2D eigenvalue weighted by molar-refractivity contribution is 7.86. The van der Waals surface area contributed by atoms with Gasteiger partial charge in [-0.15, -0.1) is 0 Å². The predicted octanol–water partition coefficient (Wildman–Crippen LogP) is 8.94. The highest BCUT2D eigenvalue weighted by Crippen LogP contribution is 2.51. The van der Waals surface area contributed by atoms with Gasteiger partial charge in [0.15, 0.2) is 18.1 Å². The number of hydrogen-bond acceptors (Lipinski definition) is 5. The highest BCUT2D eigenvalue weighted by Gasteiger charge is 2.46. The van der Waals surface area contributed by atoms with Crippen LogP contribution in [0.1, 0.15) is 58.1 Å². The Morgan fingerprint density at radius 2 is 1.40 bits per heavy atom. The second-order valence-corrected chi connectivity index (χ2v) is 18.2. The fourth-order valence-electron chi connectivity index (χ4n) is 8.39. The van der Waals surface area contributed by atoms with E-state index in [1.807, 2.05) is 89.5 Å². The van der Waals surface area contributed by atoms with Crippen molar-refractivity contribution in [3.63, 3.8) is 0 Å². The molecule has 0 fully saturated rings. The van der Waals surface area contributed by atoms with Crippen LogP contribution >= 0.6 is 11.6 Å². The number of rotatable bonds is 8. The summed E-state index contributed by atoms with van der Waals surface area (Å²) in [6, 6.07) is 24.1. The molecule has 0 aromatic heterocycles. The molecule has 0 radical (unpaired) electrons. The lowest BCUT2D eigenvalue weighted by molar-refractivity contribution is -0.432. The SMILES string of the molecule is CC1(C)C(/C=C/C2=C(Cl)C(=C/C=C3/N(CS(=O)(=O)O)c4ccc5ccccc5c4C3(C)C)/CCC2)=[N+](CCS(=O)(=O)O)c2ccc3ccccc3c21. The van der Waals surface area contributed by atoms with Crippen molar-refractivity contribution in [3.05, 3.63) is 130 Å². The molecular weight excluding hydrogens is 716 g/mol. The monoisotopic (exact) mass is 757 g/mol. The van der Waals surface area contributed by atoms with E-state index in [0.29, 0.717) is 5.03 Å². The maximum absolute atomic E-state index is 12.3. The van der Waals surface area contributed by atoms with E-state index in [2.05, 4.69) is 39.8 Å². The molecule has 4 aromatic rings. The Kier molecular flexibility index (Phi) is 9.15. The molecule has 0 atom stereocenters. The molecule has 270 valence electrons. The first-order chi connectivity index (χ1) is 24.5. The Balaban J connectivity index is 1.29. The topological polar surface area (TPSA) is 115 Å². The Hall–Kier alpha value is -4.06. The molecule has 0 saturated heterocycles. The summed E-state index contributed by atoms with van der Waals surface area (Å²) in [5.41, 5.74) is 6.16. The zero-order valence-corrected chi connectivity index (χ0v) is 32.0. The van der Waals surface area contributed by atoms with Crippen LogP contribution in [0.15, 0.2) is 119 Å². The van der Waals surface area contributed by atoms with E-state index >= 15 is 0 Å². The van der Waals surface area contributed by atoms with Gasteiger partial charge in [-0.3, -0.25) is 9.11 Å². The number of hydrogen-bond donors (Lipinski definition) is 2. The van der Waals surface area contributed by atoms with Gasteiger partial charge in [-0.05, 0) is 89.6 Å². The molecule has 0 bridgehead atoms. The summed E-state index contributed by atoms with van der Waals surface area (Å²) < 4.78 is 70.0. The molecule has 2 N–H and O–H groups in total. The molecule has 7 rings (SSSR count). The summed E-state index contributed by atoms with van der Waals surface area (Å²) in [6.07, 6.45) is 10.3. The number of nitrogens with zero attached hydrogens (tertiary/aromatic N) is 2. The molecule has 52 heavy (non-hydrogen) atoms. The van der Waals surface area contributed by atoms with E-state index in [0.717, 1.165) is 85.9 Å². The normalized spacial score (nSPS) is 20.2. The minimum atomic E-state index is -4.36. The molecule has 0 amide bonds. The van der Waals surface area contributed by atoms with E-state index < -0.39 is 42.7 Å². The van der Waals surface area contributed by atoms with Crippen molar-refractivity contribution in [3.8, 4) is 0 Å². The van der Waals surface area contributed by atoms with Crippen molar-refractivity contribution in [2.24, 2.45) is 0 Å². The Morgan fingerprint density at radius 3 is 2.06 bits per heavy atom. The van der Waals surface area contributed by atoms with Crippen LogP contribution in [0.2, 0.25) is 0 Å². The molecule has 8 nitrogen and oxygen atoms in total. The van der Waals surface area contributed by atoms with Gasteiger partial charge < -0.3 is 4.90 Å². The number of halogens is 1. The summed E-state index contributed by atoms with van der Waals surface area (Å²) >= 11 is 7.14. The minimum absolute atomic E-state index is 0.0896. The summed E-state index contributed by atoms with van der Waals surface area (Å²) in [5.74, 6) is -0.989. The van der Waals surface area contributed by atoms with Crippen molar-refractivity contribution in [1.82, 2.24) is 0 Å². The van der Waals surface area contributed by atoms with Crippen molar-refractivity contribution < 1.29 is 30.5 Å². The number of fused-ring (bicyclic) bond motifs is 6. The Morgan fingerprint density at radius 1 is 0.769 bits per heavy atom. The van der Waals surface area contributed by atoms with Gasteiger partial charge in [-0.25, -0.2) is 0 Å². The van der Waals surface area contributed by atoms with Gasteiger partial charge in [0, 0.05) is 39.5 Å². The summed E-state index contributed by atoms with van der Waals surface area (Å²) in [7, 11) is -8.56. The van der Waals surface area contributed by atoms with Crippen molar-refractivity contribution >= 4 is 70.5 Å². The van der Waals surface area contributed by atoms with Gasteiger partial charge in [0.05, 0.1) is 5.41 Å². The van der Waals surface area contributed by atoms with Crippen LogP contribution in [0.3, 0.4) is 0 Å². The van der Waals surface area contributed by atoms with E-state index in [1.165, 1.54) is 0 Å². The molecule has 2 heterocycles. The number of benzene rings is 4. The fourth-order valence-corrected chi connectivity index (χ4v) is 9.72. The zero-order chi connectivity index (χ0) is 37.2. The van der Waals surface area contributed by atoms with Crippen molar-refractivity contribution in [2.45, 2.75) is 57.8 Å². The van der Waals surface area contributed by atoms with Crippen LogP contribution in [0.5, 0.6) is 0 Å². The second-order valence-electron chi connectivity index (χ2n) is 14.8. The van der Waals surface area contributed by atoms with Gasteiger partial charge >= 0.3 is 0 Å². The average Bonchev–Trinajstić information content (AvgIpc) is 3.43. The predicted molar refractivity (Wildman–Crippen MR) is 211 cm³/mol. The first kappa shape index (κ1) is 36.3. The largest absolute Gasteiger partial charge is 0.327 e. The molecule has 1 aliphatic carbocycles. The van der Waals surface area contributed by atoms with Gasteiger partial charge in [0.25, 0.3) is 20.2 Å². The first-order valence-electron chi connectivity index (χ1n) is 17.3. The van der Waals surface area contributed by atoms with E-state index in [4.69, 9.17) is 11.6 Å². The molecule has 3 aliphatic rings. The third-order valence-corrected chi connectivity index (χ3v) is 12.5. The Labute approximate surface area is 310 Å². The number of allylic oxidation sites excluding steroid dienone is 8. The Bertz CT molecular complexity index is 2540.